The second-order valence-electron chi connectivity index (χ2n) is 3.34. The Hall–Kier alpha value is -1.42. The van der Waals surface area contributed by atoms with Crippen molar-refractivity contribution in [3.63, 3.8) is 0 Å². The molecule has 0 aliphatic carbocycles. The summed E-state index contributed by atoms with van der Waals surface area (Å²) in [6.07, 6.45) is 0. The van der Waals surface area contributed by atoms with Gasteiger partial charge in [0.2, 0.25) is 5.12 Å². The van der Waals surface area contributed by atoms with E-state index in [1.165, 1.54) is 18.9 Å². The molecule has 7 heteroatoms. The number of carbonyl (C=O) groups excluding carboxylic acids is 1. The van der Waals surface area contributed by atoms with Crippen LogP contribution in [0.3, 0.4) is 0 Å². The van der Waals surface area contributed by atoms with Crippen LogP contribution in [-0.2, 0) is 0 Å². The number of carbonyl (C=O) groups is 1. The van der Waals surface area contributed by atoms with Gasteiger partial charge in [0.15, 0.2) is 5.75 Å². The summed E-state index contributed by atoms with van der Waals surface area (Å²) < 4.78 is 5.13. The number of hydrogen-bond acceptors (Lipinski definition) is 3. The van der Waals surface area contributed by atoms with Gasteiger partial charge in [-0.3, -0.25) is 4.79 Å². The minimum absolute atomic E-state index is 0. The zero-order valence-corrected chi connectivity index (χ0v) is 15.3. The Kier molecular flexibility index (Phi) is 8.00. The standard InChI is InChI=1S/C12H14Cl2NO2S.Es/c1-3-15-6-7-18-12(16)10-8(13)4-5-9(14)11(10)17-2;/h4-5H,3,6-7H2,1-2H3;/q-1;. The average molecular weight is 559 g/mol. The van der Waals surface area contributed by atoms with Crippen molar-refractivity contribution < 1.29 is 9.53 Å². The van der Waals surface area contributed by atoms with Crippen LogP contribution >= 0.6 is 35.0 Å². The summed E-state index contributed by atoms with van der Waals surface area (Å²) in [5, 5.41) is 4.74. The minimum Gasteiger partial charge on any atom is -0.662 e. The Bertz CT molecular complexity index is 432. The third-order valence-electron chi connectivity index (χ3n) is 2.17. The molecule has 111 valence electrons. The Morgan fingerprint density at radius 1 is 1.37 bits per heavy atom. The molecule has 0 fully saturated rings. The zero-order chi connectivity index (χ0) is 13.5. The molecule has 3 nitrogen and oxygen atoms in total. The number of halogens is 2. The molecular formula is C12H14Cl2EsNO2S-. The summed E-state index contributed by atoms with van der Waals surface area (Å²) in [6, 6.07) is 3.20. The van der Waals surface area contributed by atoms with Gasteiger partial charge in [0.05, 0.1) is 22.7 Å². The van der Waals surface area contributed by atoms with E-state index in [2.05, 4.69) is 5.32 Å². The molecule has 0 unspecified atom stereocenters. The van der Waals surface area contributed by atoms with Crippen molar-refractivity contribution in [1.82, 2.24) is 0 Å². The zero-order valence-electron chi connectivity index (χ0n) is 10.5. The Morgan fingerprint density at radius 3 is 2.58 bits per heavy atom. The van der Waals surface area contributed by atoms with E-state index in [1.807, 2.05) is 6.92 Å². The maximum Gasteiger partial charge on any atom is 0.224 e. The third-order valence-corrected chi connectivity index (χ3v) is 3.64. The van der Waals surface area contributed by atoms with Gasteiger partial charge in [0.1, 0.15) is 0 Å². The summed E-state index contributed by atoms with van der Waals surface area (Å²) in [7, 11) is 1.46. The van der Waals surface area contributed by atoms with E-state index in [-0.39, 0.29) is 5.12 Å². The van der Waals surface area contributed by atoms with Crippen molar-refractivity contribution >= 4 is 40.1 Å². The smallest absolute Gasteiger partial charge is 0.224 e. The van der Waals surface area contributed by atoms with E-state index in [1.54, 1.807) is 12.1 Å². The molecule has 0 spiro atoms. The van der Waals surface area contributed by atoms with Crippen LogP contribution in [0.15, 0.2) is 12.1 Å². The van der Waals surface area contributed by atoms with E-state index in [4.69, 9.17) is 27.9 Å². The van der Waals surface area contributed by atoms with E-state index in [0.29, 0.717) is 33.7 Å². The van der Waals surface area contributed by atoms with E-state index >= 15 is 0 Å². The molecule has 1 aromatic rings. The number of rotatable bonds is 6. The quantitative estimate of drug-likeness (QED) is 0.490. The summed E-state index contributed by atoms with van der Waals surface area (Å²) in [5.41, 5.74) is 0.327. The molecular weight excluding hydrogens is 545 g/mol. The van der Waals surface area contributed by atoms with Crippen LogP contribution < -0.4 is 4.74 Å². The molecule has 0 atom stereocenters. The number of ether oxygens (including phenoxy) is 1. The number of thioether (sulfide) groups is 1. The molecule has 0 aliphatic heterocycles. The molecule has 1 rings (SSSR count). The molecule has 1 radical (unpaired) electrons. The average Bonchev–Trinajstić information content (AvgIpc) is 2.36. The number of hydrogen-bond donors (Lipinski definition) is 0. The second kappa shape index (κ2) is 8.64. The van der Waals surface area contributed by atoms with Crippen molar-refractivity contribution in [3.8, 4) is 5.75 Å². The van der Waals surface area contributed by atoms with Crippen LogP contribution in [0.5, 0.6) is 5.75 Å². The first-order chi connectivity index (χ1) is 8.61. The topological polar surface area (TPSA) is 40.4 Å². The first-order valence-electron chi connectivity index (χ1n) is 5.44. The molecule has 0 N–H and O–H groups in total. The minimum atomic E-state index is -0.148. The van der Waals surface area contributed by atoms with Crippen LogP contribution in [0.4, 0.5) is 0 Å². The maximum atomic E-state index is 12.1. The Labute approximate surface area is 121 Å². The third kappa shape index (κ3) is 4.63. The van der Waals surface area contributed by atoms with Gasteiger partial charge < -0.3 is 10.1 Å². The molecule has 0 bridgehead atoms. The fourth-order valence-corrected chi connectivity index (χ4v) is 2.63. The fraction of sp³-hybridized carbons (Fsp3) is 0.417. The summed E-state index contributed by atoms with van der Waals surface area (Å²) in [6.45, 7) is 3.37. The van der Waals surface area contributed by atoms with Gasteiger partial charge in [-0.15, -0.1) is 6.54 Å². The van der Waals surface area contributed by atoms with Crippen LogP contribution in [0.2, 0.25) is 10.0 Å². The predicted molar refractivity (Wildman–Crippen MR) is 78.6 cm³/mol. The SMILES string of the molecule is CC[N-]CCSC(=O)c1c(Cl)ccc(Cl)c1OC.[Es]. The monoisotopic (exact) mass is 558 g/mol. The van der Waals surface area contributed by atoms with Crippen molar-refractivity contribution in [2.24, 2.45) is 0 Å². The van der Waals surface area contributed by atoms with Crippen molar-refractivity contribution in [2.75, 3.05) is 26.0 Å². The summed E-state index contributed by atoms with van der Waals surface area (Å²) in [4.78, 5) is 12.1. The number of benzene rings is 1. The van der Waals surface area contributed by atoms with Crippen molar-refractivity contribution in [2.45, 2.75) is 6.92 Å². The molecule has 19 heavy (non-hydrogen) atoms. The maximum absolute atomic E-state index is 12.1. The second-order valence-corrected chi connectivity index (χ2v) is 5.22. The first kappa shape index (κ1) is 17.6. The van der Waals surface area contributed by atoms with Crippen LogP contribution in [0.1, 0.15) is 17.3 Å². The Balaban J connectivity index is 0.00000324. The molecule has 0 amide bonds. The normalized spacial score (nSPS) is 9.89. The van der Waals surface area contributed by atoms with Gasteiger partial charge in [0.25, 0.3) is 0 Å². The summed E-state index contributed by atoms with van der Waals surface area (Å²) >= 11 is 13.2. The molecule has 1 aromatic carbocycles. The molecule has 0 aliphatic rings. The molecule has 0 aromatic heterocycles. The summed E-state index contributed by atoms with van der Waals surface area (Å²) in [5.74, 6) is 0.952. The van der Waals surface area contributed by atoms with Crippen LogP contribution in [-0.4, -0.2) is 31.1 Å². The van der Waals surface area contributed by atoms with Gasteiger partial charge in [-0.05, 0) is 17.9 Å². The van der Waals surface area contributed by atoms with Crippen molar-refractivity contribution in [3.05, 3.63) is 33.1 Å². The van der Waals surface area contributed by atoms with Gasteiger partial charge in [-0.25, -0.2) is 0 Å². The van der Waals surface area contributed by atoms with E-state index < -0.39 is 0 Å². The van der Waals surface area contributed by atoms with Gasteiger partial charge >= 0.3 is 0 Å². The molecule has 0 saturated carbocycles. The first-order valence-corrected chi connectivity index (χ1v) is 7.18. The molecule has 0 saturated heterocycles. The fourth-order valence-electron chi connectivity index (χ4n) is 1.36. The number of methoxy groups -OCH3 is 1. The Morgan fingerprint density at radius 2 is 2.00 bits per heavy atom. The van der Waals surface area contributed by atoms with Crippen molar-refractivity contribution in [1.29, 1.82) is 0 Å². The van der Waals surface area contributed by atoms with Gasteiger partial charge in [0, 0.05) is 0 Å². The molecule has 0 heterocycles. The van der Waals surface area contributed by atoms with E-state index in [0.717, 1.165) is 6.54 Å². The number of nitrogens with zero attached hydrogens (tertiary/aromatic N) is 1. The predicted octanol–water partition coefficient (Wildman–Crippen LogP) is 4.27. The van der Waals surface area contributed by atoms with E-state index in [9.17, 15) is 4.79 Å². The van der Waals surface area contributed by atoms with Gasteiger partial charge in [-0.2, -0.15) is 6.54 Å². The van der Waals surface area contributed by atoms with Crippen LogP contribution in [0.25, 0.3) is 5.32 Å². The van der Waals surface area contributed by atoms with Crippen LogP contribution in [0, 0.1) is 0 Å². The van der Waals surface area contributed by atoms with Gasteiger partial charge in [-0.1, -0.05) is 41.9 Å². The largest absolute Gasteiger partial charge is 0.662 e.